The molecule has 0 aliphatic heterocycles. The van der Waals surface area contributed by atoms with Crippen LogP contribution in [0.3, 0.4) is 0 Å². The van der Waals surface area contributed by atoms with Crippen molar-refractivity contribution in [3.63, 3.8) is 0 Å². The van der Waals surface area contributed by atoms with Crippen molar-refractivity contribution in [1.29, 1.82) is 0 Å². The van der Waals surface area contributed by atoms with E-state index in [-0.39, 0.29) is 61.0 Å². The van der Waals surface area contributed by atoms with E-state index in [9.17, 15) is 17.8 Å². The van der Waals surface area contributed by atoms with Gasteiger partial charge < -0.3 is 9.29 Å². The number of benzene rings is 1. The summed E-state index contributed by atoms with van der Waals surface area (Å²) in [5.74, 6) is -0.537. The quantitative estimate of drug-likeness (QED) is 0.0282. The number of carbonyl (C=O) groups is 1. The van der Waals surface area contributed by atoms with Crippen LogP contribution in [0.4, 0.5) is 0 Å². The van der Waals surface area contributed by atoms with E-state index in [2.05, 4.69) is 45.9 Å². The van der Waals surface area contributed by atoms with Crippen LogP contribution in [-0.4, -0.2) is 18.9 Å². The van der Waals surface area contributed by atoms with Crippen LogP contribution in [0.15, 0.2) is 41.3 Å². The molecule has 2 aromatic heterocycles. The molecule has 5 nitrogen and oxygen atoms in total. The number of thiophene rings is 2. The molecule has 0 saturated carbocycles. The Balaban J connectivity index is 0.00000833. The van der Waals surface area contributed by atoms with Crippen molar-refractivity contribution in [2.45, 2.75) is 182 Å². The molecule has 0 bridgehead atoms. The van der Waals surface area contributed by atoms with E-state index in [1.807, 2.05) is 0 Å². The second kappa shape index (κ2) is 27.6. The van der Waals surface area contributed by atoms with Gasteiger partial charge in [0, 0.05) is 19.5 Å². The summed E-state index contributed by atoms with van der Waals surface area (Å²) in [6.45, 7) is 8.66. The fraction of sp³-hybridized carbons (Fsp3) is 0.643. The molecule has 51 heavy (non-hydrogen) atoms. The summed E-state index contributed by atoms with van der Waals surface area (Å²) in [5.41, 5.74) is 1.74. The van der Waals surface area contributed by atoms with Gasteiger partial charge in [0.2, 0.25) is 0 Å². The van der Waals surface area contributed by atoms with Gasteiger partial charge in [0.1, 0.15) is 15.9 Å². The van der Waals surface area contributed by atoms with Crippen molar-refractivity contribution >= 4 is 38.8 Å². The Morgan fingerprint density at radius 1 is 0.706 bits per heavy atom. The average Bonchev–Trinajstić information content (AvgIpc) is 3.63. The van der Waals surface area contributed by atoms with Gasteiger partial charge in [0.15, 0.2) is 0 Å². The first-order valence-corrected chi connectivity index (χ1v) is 21.6. The summed E-state index contributed by atoms with van der Waals surface area (Å²) >= 11 is 3.36. The van der Waals surface area contributed by atoms with E-state index in [1.165, 1.54) is 111 Å². The second-order valence-electron chi connectivity index (χ2n) is 13.4. The van der Waals surface area contributed by atoms with Gasteiger partial charge in [0.05, 0.1) is 10.8 Å². The Morgan fingerprint density at radius 2 is 1.22 bits per heavy atom. The van der Waals surface area contributed by atoms with Gasteiger partial charge >= 0.3 is 35.5 Å². The Kier molecular flexibility index (Phi) is 27.0. The first-order chi connectivity index (χ1) is 23.1. The van der Waals surface area contributed by atoms with Gasteiger partial charge in [-0.15, -0.1) is 22.7 Å². The number of hydrogen-bond acceptors (Lipinski definition) is 7. The molecule has 2 heterocycles. The number of esters is 1. The number of aryl methyl sites for hydroxylation is 4. The molecule has 0 spiro atoms. The minimum atomic E-state index is -4.65. The monoisotopic (exact) mass is 770 g/mol. The Morgan fingerprint density at radius 3 is 1.73 bits per heavy atom. The number of hydrogen-bond donors (Lipinski definition) is 0. The fourth-order valence-corrected chi connectivity index (χ4v) is 9.20. The van der Waals surface area contributed by atoms with Crippen molar-refractivity contribution in [3.8, 4) is 5.75 Å². The number of ether oxygens (including phenoxy) is 1. The van der Waals surface area contributed by atoms with Gasteiger partial charge in [-0.2, -0.15) is 0 Å². The number of rotatable bonds is 25. The van der Waals surface area contributed by atoms with Crippen LogP contribution in [0.25, 0.3) is 0 Å². The van der Waals surface area contributed by atoms with Crippen LogP contribution in [0.5, 0.6) is 5.75 Å². The van der Waals surface area contributed by atoms with Crippen LogP contribution >= 0.6 is 22.7 Å². The van der Waals surface area contributed by atoms with Crippen molar-refractivity contribution < 1.29 is 52.1 Å². The van der Waals surface area contributed by atoms with E-state index in [4.69, 9.17) is 4.74 Å². The number of unbranched alkanes of at least 4 members (excludes halogenated alkanes) is 15. The molecule has 0 radical (unpaired) electrons. The SMILES string of the molecule is C.C.CCCCCCCCCCCCCCCc1cc(OC(=O)C(Cc2ccc(C)s2)c2cc(CCCCCC)c(C)s2)ccc1S(=O)(=O)[O-].[Na+]. The molecule has 1 atom stereocenters. The first kappa shape index (κ1) is 50.0. The maximum Gasteiger partial charge on any atom is 1.00 e. The number of carbonyl (C=O) groups excluding carboxylic acids is 1. The first-order valence-electron chi connectivity index (χ1n) is 18.6. The third-order valence-electron chi connectivity index (χ3n) is 9.24. The second-order valence-corrected chi connectivity index (χ2v) is 17.5. The summed E-state index contributed by atoms with van der Waals surface area (Å²) in [6.07, 6.45) is 22.7. The molecule has 3 rings (SSSR count). The zero-order valence-electron chi connectivity index (χ0n) is 30.9. The van der Waals surface area contributed by atoms with Gasteiger partial charge in [-0.3, -0.25) is 4.79 Å². The topological polar surface area (TPSA) is 83.5 Å². The molecule has 0 N–H and O–H groups in total. The molecule has 0 amide bonds. The molecule has 3 aromatic rings. The minimum absolute atomic E-state index is 0. The smallest absolute Gasteiger partial charge is 0.744 e. The zero-order valence-corrected chi connectivity index (χ0v) is 35.4. The van der Waals surface area contributed by atoms with E-state index >= 15 is 0 Å². The largest absolute Gasteiger partial charge is 1.00 e. The predicted molar refractivity (Wildman–Crippen MR) is 215 cm³/mol. The van der Waals surface area contributed by atoms with E-state index in [0.29, 0.717) is 18.4 Å². The summed E-state index contributed by atoms with van der Waals surface area (Å²) in [4.78, 5) is 18.2. The molecule has 9 heteroatoms. The Bertz CT molecular complexity index is 1480. The average molecular weight is 771 g/mol. The van der Waals surface area contributed by atoms with Crippen LogP contribution < -0.4 is 34.3 Å². The Hall–Kier alpha value is -1.000. The van der Waals surface area contributed by atoms with Crippen LogP contribution in [-0.2, 0) is 34.2 Å². The van der Waals surface area contributed by atoms with Crippen molar-refractivity contribution in [3.05, 3.63) is 67.0 Å². The van der Waals surface area contributed by atoms with E-state index < -0.39 is 16.0 Å². The molecule has 0 aliphatic carbocycles. The molecule has 0 aliphatic rings. The van der Waals surface area contributed by atoms with Crippen molar-refractivity contribution in [2.75, 3.05) is 0 Å². The molecule has 0 saturated heterocycles. The van der Waals surface area contributed by atoms with E-state index in [0.717, 1.165) is 41.9 Å². The van der Waals surface area contributed by atoms with Gasteiger partial charge in [-0.25, -0.2) is 8.42 Å². The normalized spacial score (nSPS) is 11.7. The van der Waals surface area contributed by atoms with Crippen LogP contribution in [0.1, 0.15) is 174 Å². The molecule has 284 valence electrons. The maximum absolute atomic E-state index is 13.8. The molecule has 1 unspecified atom stereocenters. The maximum atomic E-state index is 13.8. The summed E-state index contributed by atoms with van der Waals surface area (Å²) in [7, 11) is -4.65. The minimum Gasteiger partial charge on any atom is -0.744 e. The molecular weight excluding hydrogens is 704 g/mol. The Labute approximate surface area is 342 Å². The molecular formula is C42H67NaO5S3. The third kappa shape index (κ3) is 18.7. The molecule has 0 fully saturated rings. The zero-order chi connectivity index (χ0) is 34.8. The van der Waals surface area contributed by atoms with Crippen molar-refractivity contribution in [2.24, 2.45) is 0 Å². The summed E-state index contributed by atoms with van der Waals surface area (Å²) in [5, 5.41) is 0. The van der Waals surface area contributed by atoms with Crippen molar-refractivity contribution in [1.82, 2.24) is 0 Å². The van der Waals surface area contributed by atoms with Crippen LogP contribution in [0, 0.1) is 13.8 Å². The summed E-state index contributed by atoms with van der Waals surface area (Å²) in [6, 6.07) is 10.7. The van der Waals surface area contributed by atoms with Gasteiger partial charge in [0.25, 0.3) is 0 Å². The fourth-order valence-electron chi connectivity index (χ4n) is 6.38. The van der Waals surface area contributed by atoms with E-state index in [1.54, 1.807) is 28.7 Å². The third-order valence-corrected chi connectivity index (χ3v) is 12.4. The molecule has 1 aromatic carbocycles. The summed E-state index contributed by atoms with van der Waals surface area (Å²) < 4.78 is 42.3. The standard InChI is InChI=1S/C40H60O5S3.2CH4.Na/c1-5-7-9-11-12-13-14-15-16-17-18-19-21-23-34-28-35(25-27-39(34)48(42,43)44)45-40(41)37(30-36-26-24-31(3)46-36)38-29-33(32(4)47-38)22-20-10-8-6-2;;;/h24-29,37H,5-23,30H2,1-4H3,(H,42,43,44);2*1H4;/q;;;+1/p-1. The van der Waals surface area contributed by atoms with Gasteiger partial charge in [-0.05, 0) is 93.5 Å². The predicted octanol–water partition coefficient (Wildman–Crippen LogP) is 10.3. The van der Waals surface area contributed by atoms with Crippen LogP contribution in [0.2, 0.25) is 0 Å². The van der Waals surface area contributed by atoms with Gasteiger partial charge in [-0.1, -0.05) is 125 Å².